The molecule has 1 aromatic heterocycles. The number of nitrogens with zero attached hydrogens (tertiary/aromatic N) is 3. The fraction of sp³-hybridized carbons (Fsp3) is 0.417. The zero-order chi connectivity index (χ0) is 20.6. The summed E-state index contributed by atoms with van der Waals surface area (Å²) in [6.07, 6.45) is 2.29. The van der Waals surface area contributed by atoms with Crippen molar-refractivity contribution >= 4 is 16.7 Å². The van der Waals surface area contributed by atoms with Crippen LogP contribution >= 0.6 is 0 Å². The molecule has 1 atom stereocenters. The quantitative estimate of drug-likeness (QED) is 0.681. The van der Waals surface area contributed by atoms with Crippen LogP contribution in [0.2, 0.25) is 0 Å². The monoisotopic (exact) mass is 390 g/mol. The highest BCUT2D eigenvalue weighted by Gasteiger charge is 2.26. The second-order valence-electron chi connectivity index (χ2n) is 9.09. The van der Waals surface area contributed by atoms with Crippen LogP contribution in [0.3, 0.4) is 0 Å². The van der Waals surface area contributed by atoms with Gasteiger partial charge in [0.2, 0.25) is 0 Å². The molecular weight excluding hydrogens is 360 g/mol. The van der Waals surface area contributed by atoms with Gasteiger partial charge in [-0.3, -0.25) is 0 Å². The van der Waals surface area contributed by atoms with Crippen molar-refractivity contribution in [2.45, 2.75) is 52.1 Å². The number of phenols is 1. The smallest absolute Gasteiger partial charge is 0.165 e. The molecule has 2 N–H and O–H groups in total. The van der Waals surface area contributed by atoms with Crippen molar-refractivity contribution in [2.75, 3.05) is 18.0 Å². The van der Waals surface area contributed by atoms with E-state index < -0.39 is 0 Å². The lowest BCUT2D eigenvalue weighted by Gasteiger charge is -2.38. The molecule has 1 fully saturated rings. The molecule has 0 bridgehead atoms. The van der Waals surface area contributed by atoms with E-state index in [1.54, 1.807) is 6.07 Å². The third kappa shape index (κ3) is 4.35. The van der Waals surface area contributed by atoms with Crippen molar-refractivity contribution in [1.82, 2.24) is 15.3 Å². The maximum absolute atomic E-state index is 10.4. The Morgan fingerprint density at radius 1 is 1.10 bits per heavy atom. The molecule has 0 radical (unpaired) electrons. The van der Waals surface area contributed by atoms with Crippen molar-refractivity contribution < 1.29 is 5.11 Å². The second kappa shape index (κ2) is 7.64. The van der Waals surface area contributed by atoms with E-state index in [-0.39, 0.29) is 11.3 Å². The van der Waals surface area contributed by atoms with Crippen LogP contribution in [0.1, 0.15) is 39.2 Å². The van der Waals surface area contributed by atoms with E-state index in [2.05, 4.69) is 56.1 Å². The number of benzene rings is 2. The number of hydrogen-bond donors (Lipinski definition) is 2. The van der Waals surface area contributed by atoms with E-state index >= 15 is 0 Å². The highest BCUT2D eigenvalue weighted by Crippen LogP contribution is 2.33. The molecule has 2 heterocycles. The van der Waals surface area contributed by atoms with Gasteiger partial charge in [0.05, 0.1) is 11.1 Å². The Labute approximate surface area is 172 Å². The summed E-state index contributed by atoms with van der Waals surface area (Å²) in [5.74, 6) is 1.73. The number of anilines is 1. The maximum Gasteiger partial charge on any atom is 0.165 e. The molecule has 4 rings (SSSR count). The highest BCUT2D eigenvalue weighted by atomic mass is 16.3. The molecule has 152 valence electrons. The second-order valence-corrected chi connectivity index (χ2v) is 9.09. The van der Waals surface area contributed by atoms with Gasteiger partial charge in [0.25, 0.3) is 0 Å². The van der Waals surface area contributed by atoms with Gasteiger partial charge in [-0.15, -0.1) is 0 Å². The number of hydrogen-bond acceptors (Lipinski definition) is 5. The van der Waals surface area contributed by atoms with Crippen LogP contribution in [0.4, 0.5) is 5.82 Å². The number of phenolic OH excluding ortho intramolecular Hbond substituents is 1. The lowest BCUT2D eigenvalue weighted by atomic mass is 10.0. The number of fused-ring (bicyclic) bond motifs is 1. The first-order valence-electron chi connectivity index (χ1n) is 10.4. The Morgan fingerprint density at radius 2 is 1.90 bits per heavy atom. The summed E-state index contributed by atoms with van der Waals surface area (Å²) in [7, 11) is 0. The Kier molecular flexibility index (Phi) is 5.17. The van der Waals surface area contributed by atoms with Crippen LogP contribution in [0, 0.1) is 6.92 Å². The summed E-state index contributed by atoms with van der Waals surface area (Å²) in [4.78, 5) is 12.1. The number of aromatic hydroxyl groups is 1. The Bertz CT molecular complexity index is 1030. The minimum atomic E-state index is 0.0829. The first kappa shape index (κ1) is 19.6. The van der Waals surface area contributed by atoms with E-state index in [9.17, 15) is 5.11 Å². The van der Waals surface area contributed by atoms with E-state index in [1.165, 1.54) is 6.42 Å². The molecule has 0 amide bonds. The summed E-state index contributed by atoms with van der Waals surface area (Å²) in [5, 5.41) is 15.2. The van der Waals surface area contributed by atoms with Crippen LogP contribution in [-0.2, 0) is 0 Å². The van der Waals surface area contributed by atoms with Gasteiger partial charge < -0.3 is 15.3 Å². The number of nitrogens with one attached hydrogen (secondary N) is 1. The molecule has 2 aromatic carbocycles. The van der Waals surface area contributed by atoms with Crippen molar-refractivity contribution in [2.24, 2.45) is 0 Å². The number of para-hydroxylation sites is 1. The van der Waals surface area contributed by atoms with Crippen LogP contribution in [0.25, 0.3) is 22.3 Å². The van der Waals surface area contributed by atoms with Gasteiger partial charge in [-0.1, -0.05) is 18.2 Å². The van der Waals surface area contributed by atoms with E-state index in [1.807, 2.05) is 18.2 Å². The molecule has 0 unspecified atom stereocenters. The zero-order valence-electron chi connectivity index (χ0n) is 17.7. The summed E-state index contributed by atoms with van der Waals surface area (Å²) >= 11 is 0. The third-order valence-electron chi connectivity index (χ3n) is 5.34. The lowest BCUT2D eigenvalue weighted by Crippen LogP contribution is -2.52. The van der Waals surface area contributed by atoms with Gasteiger partial charge in [0, 0.05) is 30.1 Å². The fourth-order valence-corrected chi connectivity index (χ4v) is 4.15. The minimum absolute atomic E-state index is 0.0829. The number of piperidine rings is 1. The summed E-state index contributed by atoms with van der Waals surface area (Å²) in [6, 6.07) is 14.0. The zero-order valence-corrected chi connectivity index (χ0v) is 17.7. The Balaban J connectivity index is 1.79. The summed E-state index contributed by atoms with van der Waals surface area (Å²) in [5.41, 5.74) is 2.83. The summed E-state index contributed by atoms with van der Waals surface area (Å²) < 4.78 is 0. The standard InChI is InChI=1S/C24H30N4O/c1-16-11-12-18-20(14-16)25-22(19-9-5-6-10-21(19)29)26-23(18)28-13-7-8-17(15-28)27-24(2,3)4/h5-6,9-12,14,17,27,29H,7-8,13,15H2,1-4H3/t17-/m1/s1. The molecule has 0 spiro atoms. The molecule has 1 saturated heterocycles. The van der Waals surface area contributed by atoms with Crippen LogP contribution in [-0.4, -0.2) is 39.7 Å². The first-order chi connectivity index (χ1) is 13.8. The predicted octanol–water partition coefficient (Wildman–Crippen LogP) is 4.67. The Morgan fingerprint density at radius 3 is 2.66 bits per heavy atom. The average Bonchev–Trinajstić information content (AvgIpc) is 2.66. The summed E-state index contributed by atoms with van der Waals surface area (Å²) in [6.45, 7) is 10.6. The van der Waals surface area contributed by atoms with Crippen molar-refractivity contribution in [3.8, 4) is 17.1 Å². The van der Waals surface area contributed by atoms with Gasteiger partial charge in [-0.2, -0.15) is 0 Å². The van der Waals surface area contributed by atoms with Gasteiger partial charge in [-0.05, 0) is 70.4 Å². The van der Waals surface area contributed by atoms with E-state index in [0.29, 0.717) is 17.4 Å². The number of rotatable bonds is 3. The van der Waals surface area contributed by atoms with Crippen LogP contribution < -0.4 is 10.2 Å². The molecule has 0 saturated carbocycles. The first-order valence-corrected chi connectivity index (χ1v) is 10.4. The minimum Gasteiger partial charge on any atom is -0.507 e. The van der Waals surface area contributed by atoms with Crippen molar-refractivity contribution in [3.05, 3.63) is 48.0 Å². The average molecular weight is 391 g/mol. The molecule has 1 aliphatic heterocycles. The van der Waals surface area contributed by atoms with Crippen molar-refractivity contribution in [1.29, 1.82) is 0 Å². The Hall–Kier alpha value is -2.66. The van der Waals surface area contributed by atoms with E-state index in [0.717, 1.165) is 41.8 Å². The number of aryl methyl sites for hydroxylation is 1. The lowest BCUT2D eigenvalue weighted by molar-refractivity contribution is 0.323. The number of aromatic nitrogens is 2. The van der Waals surface area contributed by atoms with Gasteiger partial charge in [0.15, 0.2) is 5.82 Å². The molecule has 0 aliphatic carbocycles. The van der Waals surface area contributed by atoms with Crippen LogP contribution in [0.15, 0.2) is 42.5 Å². The topological polar surface area (TPSA) is 61.3 Å². The largest absolute Gasteiger partial charge is 0.507 e. The molecule has 1 aliphatic rings. The van der Waals surface area contributed by atoms with Gasteiger partial charge in [0.1, 0.15) is 11.6 Å². The van der Waals surface area contributed by atoms with E-state index in [4.69, 9.17) is 9.97 Å². The van der Waals surface area contributed by atoms with Gasteiger partial charge >= 0.3 is 0 Å². The van der Waals surface area contributed by atoms with Crippen LogP contribution in [0.5, 0.6) is 5.75 Å². The molecular formula is C24H30N4O. The predicted molar refractivity (Wildman–Crippen MR) is 119 cm³/mol. The highest BCUT2D eigenvalue weighted by molar-refractivity contribution is 5.92. The molecule has 5 heteroatoms. The van der Waals surface area contributed by atoms with Gasteiger partial charge in [-0.25, -0.2) is 9.97 Å². The molecule has 3 aromatic rings. The SMILES string of the molecule is Cc1ccc2c(N3CCC[C@@H](NC(C)(C)C)C3)nc(-c3ccccc3O)nc2c1. The maximum atomic E-state index is 10.4. The third-order valence-corrected chi connectivity index (χ3v) is 5.34. The molecule has 5 nitrogen and oxygen atoms in total. The fourth-order valence-electron chi connectivity index (χ4n) is 4.15. The molecule has 29 heavy (non-hydrogen) atoms. The normalized spacial score (nSPS) is 17.7. The van der Waals surface area contributed by atoms with Crippen molar-refractivity contribution in [3.63, 3.8) is 0 Å².